The van der Waals surface area contributed by atoms with Crippen molar-refractivity contribution < 1.29 is 14.0 Å². The zero-order valence-electron chi connectivity index (χ0n) is 19.8. The van der Waals surface area contributed by atoms with Crippen molar-refractivity contribution in [2.45, 2.75) is 58.5 Å². The molecular weight excluding hydrogens is 457 g/mol. The van der Waals surface area contributed by atoms with E-state index in [0.29, 0.717) is 18.5 Å². The normalized spacial score (nSPS) is 15.2. The number of H-pyrrole nitrogens is 1. The van der Waals surface area contributed by atoms with Crippen molar-refractivity contribution in [3.05, 3.63) is 50.9 Å². The van der Waals surface area contributed by atoms with Gasteiger partial charge < -0.3 is 11.5 Å². The maximum absolute atomic E-state index is 13.6. The second-order valence-electron chi connectivity index (χ2n) is 8.30. The molecule has 0 spiro atoms. The van der Waals surface area contributed by atoms with Gasteiger partial charge >= 0.3 is 5.69 Å². The van der Waals surface area contributed by atoms with E-state index in [1.807, 2.05) is 13.8 Å². The fourth-order valence-electron chi connectivity index (χ4n) is 3.86. The van der Waals surface area contributed by atoms with Crippen LogP contribution in [0, 0.1) is 5.82 Å². The summed E-state index contributed by atoms with van der Waals surface area (Å²) in [5.74, 6) is -1.93. The van der Waals surface area contributed by atoms with E-state index < -0.39 is 34.9 Å². The van der Waals surface area contributed by atoms with Gasteiger partial charge in [-0.15, -0.1) is 0 Å². The number of carbonyl (C=O) groups excluding carboxylic acids is 2. The van der Waals surface area contributed by atoms with Gasteiger partial charge in [0.25, 0.3) is 11.5 Å². The number of nitrogens with zero attached hydrogens (tertiary/aromatic N) is 4. The summed E-state index contributed by atoms with van der Waals surface area (Å²) < 4.78 is 14.6. The molecule has 1 atom stereocenters. The fourth-order valence-corrected chi connectivity index (χ4v) is 3.86. The van der Waals surface area contributed by atoms with Crippen LogP contribution in [0.25, 0.3) is 0 Å². The lowest BCUT2D eigenvalue weighted by Gasteiger charge is -2.24. The maximum atomic E-state index is 13.6. The molecule has 35 heavy (non-hydrogen) atoms. The Morgan fingerprint density at radius 2 is 1.83 bits per heavy atom. The lowest BCUT2D eigenvalue weighted by atomic mass is 10.1. The number of aromatic nitrogens is 2. The third-order valence-corrected chi connectivity index (χ3v) is 5.78. The fraction of sp³-hybridized carbons (Fsp3) is 0.435. The van der Waals surface area contributed by atoms with Gasteiger partial charge in [0.1, 0.15) is 23.4 Å². The first kappa shape index (κ1) is 25.7. The predicted octanol–water partition coefficient (Wildman–Crippen LogP) is 1.31. The van der Waals surface area contributed by atoms with Gasteiger partial charge in [-0.3, -0.25) is 33.8 Å². The SMILES string of the molecule is CCCCN(C(=O)C1=NN(c2ccc(F)cc2)C(C(N)=O)C1)c1c(N)n(CCCC)c(=O)[nH]c1=O. The number of carbonyl (C=O) groups is 2. The van der Waals surface area contributed by atoms with Crippen LogP contribution < -0.4 is 32.6 Å². The number of rotatable bonds is 10. The smallest absolute Gasteiger partial charge is 0.330 e. The number of nitrogen functional groups attached to an aromatic ring is 1. The molecular formula is C23H30FN7O4. The van der Waals surface area contributed by atoms with E-state index in [0.717, 1.165) is 12.8 Å². The first-order valence-corrected chi connectivity index (χ1v) is 11.6. The molecule has 2 aromatic rings. The van der Waals surface area contributed by atoms with Crippen LogP contribution in [-0.4, -0.2) is 39.7 Å². The number of nitrogens with two attached hydrogens (primary N) is 2. The third-order valence-electron chi connectivity index (χ3n) is 5.78. The highest BCUT2D eigenvalue weighted by Crippen LogP contribution is 2.27. The summed E-state index contributed by atoms with van der Waals surface area (Å²) in [7, 11) is 0. The molecule has 1 aromatic carbocycles. The van der Waals surface area contributed by atoms with Crippen molar-refractivity contribution in [2.24, 2.45) is 10.8 Å². The number of hydrogen-bond donors (Lipinski definition) is 3. The van der Waals surface area contributed by atoms with E-state index in [4.69, 9.17) is 11.5 Å². The van der Waals surface area contributed by atoms with Gasteiger partial charge in [-0.05, 0) is 37.1 Å². The summed E-state index contributed by atoms with van der Waals surface area (Å²) in [6, 6.07) is 4.28. The van der Waals surface area contributed by atoms with Crippen LogP contribution in [0.1, 0.15) is 46.0 Å². The summed E-state index contributed by atoms with van der Waals surface area (Å²) in [6.07, 6.45) is 2.60. The number of amides is 2. The van der Waals surface area contributed by atoms with Gasteiger partial charge in [0.15, 0.2) is 5.69 Å². The molecule has 11 nitrogen and oxygen atoms in total. The van der Waals surface area contributed by atoms with Crippen molar-refractivity contribution >= 4 is 34.7 Å². The Labute approximate surface area is 201 Å². The Morgan fingerprint density at radius 1 is 1.17 bits per heavy atom. The maximum Gasteiger partial charge on any atom is 0.330 e. The molecule has 1 unspecified atom stereocenters. The Kier molecular flexibility index (Phi) is 8.05. The van der Waals surface area contributed by atoms with Crippen molar-refractivity contribution in [1.29, 1.82) is 0 Å². The van der Waals surface area contributed by atoms with Crippen molar-refractivity contribution in [3.8, 4) is 0 Å². The summed E-state index contributed by atoms with van der Waals surface area (Å²) in [6.45, 7) is 4.30. The molecule has 188 valence electrons. The van der Waals surface area contributed by atoms with Crippen LogP contribution >= 0.6 is 0 Å². The zero-order valence-corrected chi connectivity index (χ0v) is 19.8. The molecule has 0 saturated heterocycles. The molecule has 3 rings (SSSR count). The number of aromatic amines is 1. The van der Waals surface area contributed by atoms with E-state index in [2.05, 4.69) is 10.1 Å². The second-order valence-corrected chi connectivity index (χ2v) is 8.30. The van der Waals surface area contributed by atoms with Crippen LogP contribution in [-0.2, 0) is 16.1 Å². The molecule has 0 aliphatic carbocycles. The van der Waals surface area contributed by atoms with Crippen LogP contribution in [0.4, 0.5) is 21.6 Å². The molecule has 0 radical (unpaired) electrons. The first-order chi connectivity index (χ1) is 16.7. The number of benzene rings is 1. The number of hydrazone groups is 1. The summed E-state index contributed by atoms with van der Waals surface area (Å²) in [5.41, 5.74) is 10.6. The molecule has 1 aromatic heterocycles. The van der Waals surface area contributed by atoms with Gasteiger partial charge in [-0.2, -0.15) is 5.10 Å². The minimum atomic E-state index is -0.971. The van der Waals surface area contributed by atoms with Gasteiger partial charge in [0.2, 0.25) is 5.91 Å². The summed E-state index contributed by atoms with van der Waals surface area (Å²) in [4.78, 5) is 54.3. The standard InChI is InChI=1S/C23H30FN7O4/c1-3-5-11-29(18-19(25)30(12-6-4-2)23(35)27-21(18)33)22(34)16-13-17(20(26)32)31(28-16)15-9-7-14(24)8-10-15/h7-10,17H,3-6,11-13,25H2,1-2H3,(H2,26,32)(H,27,33,35). The molecule has 12 heteroatoms. The number of unbranched alkanes of at least 4 members (excludes halogenated alkanes) is 2. The number of nitrogens with one attached hydrogen (secondary N) is 1. The third kappa shape index (κ3) is 5.42. The van der Waals surface area contributed by atoms with Crippen LogP contribution in [0.2, 0.25) is 0 Å². The molecule has 0 fully saturated rings. The monoisotopic (exact) mass is 487 g/mol. The van der Waals surface area contributed by atoms with Crippen molar-refractivity contribution in [3.63, 3.8) is 0 Å². The van der Waals surface area contributed by atoms with Gasteiger partial charge in [0.05, 0.1) is 5.69 Å². The van der Waals surface area contributed by atoms with Crippen molar-refractivity contribution in [1.82, 2.24) is 9.55 Å². The van der Waals surface area contributed by atoms with E-state index in [-0.39, 0.29) is 36.7 Å². The average molecular weight is 488 g/mol. The van der Waals surface area contributed by atoms with Crippen LogP contribution in [0.5, 0.6) is 0 Å². The van der Waals surface area contributed by atoms with Gasteiger partial charge in [-0.25, -0.2) is 9.18 Å². The van der Waals surface area contributed by atoms with Crippen LogP contribution in [0.15, 0.2) is 39.0 Å². The lowest BCUT2D eigenvalue weighted by molar-refractivity contribution is -0.119. The Bertz CT molecular complexity index is 1240. The molecule has 2 heterocycles. The molecule has 0 bridgehead atoms. The molecule has 5 N–H and O–H groups in total. The molecule has 1 aliphatic heterocycles. The Hall–Kier alpha value is -3.96. The minimum absolute atomic E-state index is 0.0145. The van der Waals surface area contributed by atoms with Crippen LogP contribution in [0.3, 0.4) is 0 Å². The average Bonchev–Trinajstić information content (AvgIpc) is 3.27. The summed E-state index contributed by atoms with van der Waals surface area (Å²) >= 11 is 0. The Balaban J connectivity index is 2.06. The quantitative estimate of drug-likeness (QED) is 0.458. The van der Waals surface area contributed by atoms with Gasteiger partial charge in [-0.1, -0.05) is 26.7 Å². The topological polar surface area (TPSA) is 160 Å². The summed E-state index contributed by atoms with van der Waals surface area (Å²) in [5, 5.41) is 5.57. The van der Waals surface area contributed by atoms with E-state index >= 15 is 0 Å². The zero-order chi connectivity index (χ0) is 25.7. The highest BCUT2D eigenvalue weighted by Gasteiger charge is 2.38. The van der Waals surface area contributed by atoms with Crippen molar-refractivity contribution in [2.75, 3.05) is 22.2 Å². The van der Waals surface area contributed by atoms with E-state index in [1.54, 1.807) is 0 Å². The predicted molar refractivity (Wildman–Crippen MR) is 132 cm³/mol. The number of halogens is 1. The minimum Gasteiger partial charge on any atom is -0.383 e. The largest absolute Gasteiger partial charge is 0.383 e. The number of anilines is 3. The first-order valence-electron chi connectivity index (χ1n) is 11.6. The number of hydrogen-bond acceptors (Lipinski definition) is 7. The highest BCUT2D eigenvalue weighted by atomic mass is 19.1. The van der Waals surface area contributed by atoms with E-state index in [9.17, 15) is 23.6 Å². The van der Waals surface area contributed by atoms with Gasteiger partial charge in [0, 0.05) is 19.5 Å². The Morgan fingerprint density at radius 3 is 2.43 bits per heavy atom. The lowest BCUT2D eigenvalue weighted by Crippen LogP contribution is -2.44. The molecule has 2 amide bonds. The highest BCUT2D eigenvalue weighted by molar-refractivity contribution is 6.45. The second kappa shape index (κ2) is 11.0. The van der Waals surface area contributed by atoms with E-state index in [1.165, 1.54) is 38.7 Å². The molecule has 0 saturated carbocycles. The number of primary amides is 1. The molecule has 1 aliphatic rings.